The van der Waals surface area contributed by atoms with Crippen LogP contribution < -0.4 is 0 Å². The molecule has 1 N–H and O–H groups in total. The summed E-state index contributed by atoms with van der Waals surface area (Å²) in [5, 5.41) is 9.72. The van der Waals surface area contributed by atoms with Gasteiger partial charge in [0.15, 0.2) is 0 Å². The number of ether oxygens (including phenoxy) is 1. The first-order chi connectivity index (χ1) is 8.41. The smallest absolute Gasteiger partial charge is 0.0466 e. The summed E-state index contributed by atoms with van der Waals surface area (Å²) < 4.78 is 5.55. The minimum Gasteiger partial charge on any atom is -0.396 e. The van der Waals surface area contributed by atoms with Crippen molar-refractivity contribution in [3.8, 4) is 0 Å². The average molecular weight is 309 g/mol. The molecule has 0 aliphatic carbocycles. The van der Waals surface area contributed by atoms with Crippen molar-refractivity contribution >= 4 is 15.9 Å². The van der Waals surface area contributed by atoms with E-state index in [9.17, 15) is 0 Å². The van der Waals surface area contributed by atoms with Crippen molar-refractivity contribution in [3.63, 3.8) is 0 Å². The van der Waals surface area contributed by atoms with Crippen LogP contribution in [0, 0.1) is 0 Å². The highest BCUT2D eigenvalue weighted by atomic mass is 79.9. The topological polar surface area (TPSA) is 29.5 Å². The molecule has 104 valence electrons. The maximum absolute atomic E-state index is 8.63. The molecule has 0 heterocycles. The second-order valence-corrected chi connectivity index (χ2v) is 5.35. The lowest BCUT2D eigenvalue weighted by atomic mass is 10.1. The lowest BCUT2D eigenvalue weighted by Crippen LogP contribution is -1.97. The Bertz CT molecular complexity index is 117. The Labute approximate surface area is 115 Å². The molecular weight excluding hydrogens is 280 g/mol. The average Bonchev–Trinajstić information content (AvgIpc) is 2.35. The van der Waals surface area contributed by atoms with E-state index in [1.54, 1.807) is 0 Å². The molecule has 3 heteroatoms. The van der Waals surface area contributed by atoms with Gasteiger partial charge in [0.1, 0.15) is 0 Å². The molecule has 0 aliphatic heterocycles. The number of hydrogen-bond donors (Lipinski definition) is 1. The van der Waals surface area contributed by atoms with Crippen molar-refractivity contribution < 1.29 is 9.84 Å². The van der Waals surface area contributed by atoms with Gasteiger partial charge in [0.2, 0.25) is 0 Å². The third kappa shape index (κ3) is 16.4. The van der Waals surface area contributed by atoms with Gasteiger partial charge in [0, 0.05) is 25.2 Å². The van der Waals surface area contributed by atoms with Crippen LogP contribution in [0.1, 0.15) is 64.2 Å². The van der Waals surface area contributed by atoms with E-state index in [2.05, 4.69) is 15.9 Å². The van der Waals surface area contributed by atoms with E-state index >= 15 is 0 Å². The van der Waals surface area contributed by atoms with E-state index in [-0.39, 0.29) is 0 Å². The van der Waals surface area contributed by atoms with E-state index < -0.39 is 0 Å². The fourth-order valence-corrected chi connectivity index (χ4v) is 2.17. The second kappa shape index (κ2) is 16.4. The van der Waals surface area contributed by atoms with Gasteiger partial charge in [0.05, 0.1) is 0 Å². The molecule has 0 amide bonds. The summed E-state index contributed by atoms with van der Waals surface area (Å²) >= 11 is 3.41. The minimum atomic E-state index is 0.354. The summed E-state index contributed by atoms with van der Waals surface area (Å²) in [5.41, 5.74) is 0. The van der Waals surface area contributed by atoms with Crippen molar-refractivity contribution in [1.82, 2.24) is 0 Å². The first-order valence-electron chi connectivity index (χ1n) is 7.16. The van der Waals surface area contributed by atoms with Gasteiger partial charge in [-0.1, -0.05) is 54.5 Å². The predicted molar refractivity (Wildman–Crippen MR) is 77.9 cm³/mol. The van der Waals surface area contributed by atoms with Crippen molar-refractivity contribution in [2.24, 2.45) is 0 Å². The Hall–Kier alpha value is 0.400. The summed E-state index contributed by atoms with van der Waals surface area (Å²) in [6.07, 6.45) is 12.4. The molecule has 0 radical (unpaired) electrons. The van der Waals surface area contributed by atoms with Crippen LogP contribution in [-0.2, 0) is 4.74 Å². The van der Waals surface area contributed by atoms with Crippen LogP contribution in [0.25, 0.3) is 0 Å². The van der Waals surface area contributed by atoms with Crippen molar-refractivity contribution in [3.05, 3.63) is 0 Å². The molecule has 0 aromatic heterocycles. The number of hydrogen-bond acceptors (Lipinski definition) is 2. The number of unbranched alkanes of at least 4 members (excludes halogenated alkanes) is 8. The van der Waals surface area contributed by atoms with Gasteiger partial charge >= 0.3 is 0 Å². The van der Waals surface area contributed by atoms with E-state index in [0.717, 1.165) is 25.0 Å². The molecule has 0 spiro atoms. The van der Waals surface area contributed by atoms with Crippen LogP contribution in [0.3, 0.4) is 0 Å². The van der Waals surface area contributed by atoms with E-state index in [4.69, 9.17) is 9.84 Å². The van der Waals surface area contributed by atoms with Gasteiger partial charge in [-0.15, -0.1) is 0 Å². The summed E-state index contributed by atoms with van der Waals surface area (Å²) in [6.45, 7) is 2.21. The Morgan fingerprint density at radius 2 is 1.12 bits per heavy atom. The molecule has 0 rings (SSSR count). The van der Waals surface area contributed by atoms with Crippen LogP contribution in [0.4, 0.5) is 0 Å². The Kier molecular flexibility index (Phi) is 16.8. The number of rotatable bonds is 14. The fraction of sp³-hybridized carbons (Fsp3) is 1.00. The monoisotopic (exact) mass is 308 g/mol. The minimum absolute atomic E-state index is 0.354. The second-order valence-electron chi connectivity index (χ2n) is 4.56. The summed E-state index contributed by atoms with van der Waals surface area (Å²) in [6, 6.07) is 0. The van der Waals surface area contributed by atoms with Gasteiger partial charge in [-0.05, 0) is 25.7 Å². The summed E-state index contributed by atoms with van der Waals surface area (Å²) in [7, 11) is 0. The Morgan fingerprint density at radius 1 is 0.647 bits per heavy atom. The van der Waals surface area contributed by atoms with Gasteiger partial charge in [-0.2, -0.15) is 0 Å². The lowest BCUT2D eigenvalue weighted by Gasteiger charge is -2.04. The normalized spacial score (nSPS) is 10.9. The van der Waals surface area contributed by atoms with Gasteiger partial charge in [-0.3, -0.25) is 0 Å². The zero-order valence-electron chi connectivity index (χ0n) is 11.1. The van der Waals surface area contributed by atoms with Gasteiger partial charge in [-0.25, -0.2) is 0 Å². The number of halogens is 1. The van der Waals surface area contributed by atoms with Crippen molar-refractivity contribution in [2.45, 2.75) is 64.2 Å². The summed E-state index contributed by atoms with van der Waals surface area (Å²) in [5.74, 6) is 0. The fourth-order valence-electron chi connectivity index (χ4n) is 1.78. The third-order valence-electron chi connectivity index (χ3n) is 2.87. The molecule has 0 aromatic carbocycles. The largest absolute Gasteiger partial charge is 0.396 e. The van der Waals surface area contributed by atoms with E-state index in [1.807, 2.05) is 0 Å². The Morgan fingerprint density at radius 3 is 1.65 bits per heavy atom. The third-order valence-corrected chi connectivity index (χ3v) is 3.43. The summed E-state index contributed by atoms with van der Waals surface area (Å²) in [4.78, 5) is 0. The number of aliphatic hydroxyl groups is 1. The molecule has 0 aliphatic rings. The SMILES string of the molecule is OCCCCCCCCCCOCCCCBr. The van der Waals surface area contributed by atoms with Crippen LogP contribution in [0.15, 0.2) is 0 Å². The number of aliphatic hydroxyl groups excluding tert-OH is 1. The van der Waals surface area contributed by atoms with Gasteiger partial charge in [0.25, 0.3) is 0 Å². The molecule has 0 atom stereocenters. The molecule has 2 nitrogen and oxygen atoms in total. The molecule has 0 aromatic rings. The van der Waals surface area contributed by atoms with Crippen LogP contribution in [-0.4, -0.2) is 30.3 Å². The molecule has 0 fully saturated rings. The van der Waals surface area contributed by atoms with E-state index in [0.29, 0.717) is 6.61 Å². The molecule has 0 saturated heterocycles. The molecule has 0 bridgehead atoms. The lowest BCUT2D eigenvalue weighted by molar-refractivity contribution is 0.127. The van der Waals surface area contributed by atoms with Crippen molar-refractivity contribution in [1.29, 1.82) is 0 Å². The zero-order chi connectivity index (χ0) is 12.6. The van der Waals surface area contributed by atoms with Crippen molar-refractivity contribution in [2.75, 3.05) is 25.2 Å². The predicted octanol–water partition coefficient (Wildman–Crippen LogP) is 4.29. The zero-order valence-corrected chi connectivity index (χ0v) is 12.7. The first-order valence-corrected chi connectivity index (χ1v) is 8.28. The molecule has 0 unspecified atom stereocenters. The first kappa shape index (κ1) is 17.4. The molecular formula is C14H29BrO2. The molecule has 17 heavy (non-hydrogen) atoms. The standard InChI is InChI=1S/C14H29BrO2/c15-11-7-10-14-17-13-9-6-4-2-1-3-5-8-12-16/h16H,1-14H2. The number of alkyl halides is 1. The highest BCUT2D eigenvalue weighted by Gasteiger charge is 1.93. The quantitative estimate of drug-likeness (QED) is 0.383. The Balaban J connectivity index is 2.85. The van der Waals surface area contributed by atoms with Crippen LogP contribution in [0.2, 0.25) is 0 Å². The van der Waals surface area contributed by atoms with Gasteiger partial charge < -0.3 is 9.84 Å². The van der Waals surface area contributed by atoms with Crippen LogP contribution in [0.5, 0.6) is 0 Å². The molecule has 0 saturated carbocycles. The van der Waals surface area contributed by atoms with Crippen LogP contribution >= 0.6 is 15.9 Å². The van der Waals surface area contributed by atoms with E-state index in [1.165, 1.54) is 57.8 Å². The maximum Gasteiger partial charge on any atom is 0.0466 e. The highest BCUT2D eigenvalue weighted by Crippen LogP contribution is 2.08. The maximum atomic E-state index is 8.63. The highest BCUT2D eigenvalue weighted by molar-refractivity contribution is 9.09.